The topological polar surface area (TPSA) is 74.5 Å². The zero-order chi connectivity index (χ0) is 20.3. The minimum Gasteiger partial charge on any atom is -0.489 e. The molecule has 1 N–H and O–H groups in total. The highest BCUT2D eigenvalue weighted by Crippen LogP contribution is 2.66. The van der Waals surface area contributed by atoms with Crippen molar-refractivity contribution in [1.29, 1.82) is 5.26 Å². The first-order chi connectivity index (χ1) is 14.1. The number of carbonyl (C=O) groups excluding carboxylic acids is 1. The van der Waals surface area contributed by atoms with Crippen LogP contribution >= 0.6 is 0 Å². The molecule has 0 aromatic heterocycles. The number of nitriles is 1. The summed E-state index contributed by atoms with van der Waals surface area (Å²) in [5.41, 5.74) is 5.28. The molecule has 5 nitrogen and oxygen atoms in total. The SMILES string of the molecule is C[C@]12CCCC[C@H]1[C@H]2C(=O)N/N=C\c1ccc(OCc2ccccc2C#N)cc1. The van der Waals surface area contributed by atoms with E-state index in [0.717, 1.165) is 17.5 Å². The van der Waals surface area contributed by atoms with Gasteiger partial charge in [-0.2, -0.15) is 10.4 Å². The average molecular weight is 387 g/mol. The lowest BCUT2D eigenvalue weighted by Gasteiger charge is -2.15. The smallest absolute Gasteiger partial charge is 0.244 e. The maximum absolute atomic E-state index is 12.4. The molecule has 1 amide bonds. The lowest BCUT2D eigenvalue weighted by atomic mass is 9.90. The molecule has 2 saturated carbocycles. The Morgan fingerprint density at radius 2 is 2.07 bits per heavy atom. The second-order valence-corrected chi connectivity index (χ2v) is 8.20. The number of hydrogen-bond acceptors (Lipinski definition) is 4. The number of hydrazone groups is 1. The van der Waals surface area contributed by atoms with Gasteiger partial charge < -0.3 is 4.74 Å². The molecule has 3 atom stereocenters. The van der Waals surface area contributed by atoms with Gasteiger partial charge in [-0.25, -0.2) is 5.43 Å². The maximum Gasteiger partial charge on any atom is 0.244 e. The van der Waals surface area contributed by atoms with Crippen LogP contribution in [0.5, 0.6) is 5.75 Å². The number of carbonyl (C=O) groups is 1. The molecular weight excluding hydrogens is 362 g/mol. The number of nitrogens with zero attached hydrogens (tertiary/aromatic N) is 2. The van der Waals surface area contributed by atoms with E-state index in [0.29, 0.717) is 23.8 Å². The van der Waals surface area contributed by atoms with Crippen LogP contribution in [0.2, 0.25) is 0 Å². The molecule has 0 saturated heterocycles. The van der Waals surface area contributed by atoms with Crippen LogP contribution in [0.25, 0.3) is 0 Å². The monoisotopic (exact) mass is 387 g/mol. The molecule has 2 aromatic rings. The van der Waals surface area contributed by atoms with Gasteiger partial charge in [0.15, 0.2) is 0 Å². The van der Waals surface area contributed by atoms with Gasteiger partial charge in [-0.05, 0) is 60.1 Å². The van der Waals surface area contributed by atoms with Crippen molar-refractivity contribution >= 4 is 12.1 Å². The van der Waals surface area contributed by atoms with Crippen molar-refractivity contribution in [2.24, 2.45) is 22.4 Å². The molecule has 4 rings (SSSR count). The highest BCUT2D eigenvalue weighted by atomic mass is 16.5. The first-order valence-electron chi connectivity index (χ1n) is 10.2. The van der Waals surface area contributed by atoms with E-state index in [4.69, 9.17) is 10.00 Å². The van der Waals surface area contributed by atoms with Gasteiger partial charge in [-0.15, -0.1) is 0 Å². The molecule has 29 heavy (non-hydrogen) atoms. The predicted octanol–water partition coefficient (Wildman–Crippen LogP) is 4.41. The fourth-order valence-corrected chi connectivity index (χ4v) is 4.66. The zero-order valence-electron chi connectivity index (χ0n) is 16.6. The van der Waals surface area contributed by atoms with E-state index in [1.807, 2.05) is 42.5 Å². The van der Waals surface area contributed by atoms with E-state index in [2.05, 4.69) is 23.5 Å². The Bertz CT molecular complexity index is 961. The van der Waals surface area contributed by atoms with Gasteiger partial charge in [0.1, 0.15) is 12.4 Å². The van der Waals surface area contributed by atoms with Crippen LogP contribution < -0.4 is 10.2 Å². The second-order valence-electron chi connectivity index (χ2n) is 8.20. The Labute approximate surface area is 171 Å². The molecule has 0 unspecified atom stereocenters. The van der Waals surface area contributed by atoms with Crippen LogP contribution in [0.15, 0.2) is 53.6 Å². The van der Waals surface area contributed by atoms with Gasteiger partial charge in [0.2, 0.25) is 5.91 Å². The molecule has 2 aromatic carbocycles. The van der Waals surface area contributed by atoms with Crippen molar-refractivity contribution in [3.8, 4) is 11.8 Å². The van der Waals surface area contributed by atoms with Crippen LogP contribution in [0.3, 0.4) is 0 Å². The number of amides is 1. The van der Waals surface area contributed by atoms with Gasteiger partial charge in [0.05, 0.1) is 17.8 Å². The van der Waals surface area contributed by atoms with E-state index >= 15 is 0 Å². The summed E-state index contributed by atoms with van der Waals surface area (Å²) in [7, 11) is 0. The average Bonchev–Trinajstić information content (AvgIpc) is 3.39. The lowest BCUT2D eigenvalue weighted by Crippen LogP contribution is -2.22. The third-order valence-electron chi connectivity index (χ3n) is 6.41. The Morgan fingerprint density at radius 3 is 2.79 bits per heavy atom. The molecule has 148 valence electrons. The maximum atomic E-state index is 12.4. The minimum absolute atomic E-state index is 0.0479. The van der Waals surface area contributed by atoms with Gasteiger partial charge in [-0.3, -0.25) is 4.79 Å². The largest absolute Gasteiger partial charge is 0.489 e. The summed E-state index contributed by atoms with van der Waals surface area (Å²) in [5, 5.41) is 13.3. The Balaban J connectivity index is 1.28. The van der Waals surface area contributed by atoms with Crippen molar-refractivity contribution in [3.63, 3.8) is 0 Å². The van der Waals surface area contributed by atoms with E-state index in [-0.39, 0.29) is 17.2 Å². The van der Waals surface area contributed by atoms with Crippen LogP contribution in [0.4, 0.5) is 0 Å². The number of rotatable bonds is 6. The standard InChI is InChI=1S/C24H25N3O2/c1-24-13-5-4-8-21(24)22(24)23(28)27-26-15-17-9-11-20(12-10-17)29-16-19-7-3-2-6-18(19)14-25/h2-3,6-7,9-12,15,21-22H,4-5,8,13,16H2,1H3,(H,27,28)/b26-15-/t21-,22-,24-/m0/s1. The molecule has 2 aliphatic carbocycles. The highest BCUT2D eigenvalue weighted by Gasteiger charge is 2.64. The first-order valence-corrected chi connectivity index (χ1v) is 10.2. The van der Waals surface area contributed by atoms with Crippen LogP contribution in [0, 0.1) is 28.6 Å². The van der Waals surface area contributed by atoms with E-state index in [9.17, 15) is 4.79 Å². The molecule has 0 spiro atoms. The fourth-order valence-electron chi connectivity index (χ4n) is 4.66. The van der Waals surface area contributed by atoms with E-state index in [1.165, 1.54) is 19.3 Å². The number of fused-ring (bicyclic) bond motifs is 1. The van der Waals surface area contributed by atoms with E-state index < -0.39 is 0 Å². The summed E-state index contributed by atoms with van der Waals surface area (Å²) in [6, 6.07) is 17.1. The molecule has 0 heterocycles. The Kier molecular flexibility index (Phi) is 5.35. The zero-order valence-corrected chi connectivity index (χ0v) is 16.6. The van der Waals surface area contributed by atoms with Crippen molar-refractivity contribution in [2.75, 3.05) is 0 Å². The summed E-state index contributed by atoms with van der Waals surface area (Å²) in [6.07, 6.45) is 6.44. The number of hydrogen-bond donors (Lipinski definition) is 1. The van der Waals surface area contributed by atoms with Crippen molar-refractivity contribution < 1.29 is 9.53 Å². The molecule has 2 fully saturated rings. The summed E-state index contributed by atoms with van der Waals surface area (Å²) in [5.74, 6) is 1.42. The Morgan fingerprint density at radius 1 is 1.28 bits per heavy atom. The summed E-state index contributed by atoms with van der Waals surface area (Å²) in [6.45, 7) is 2.58. The van der Waals surface area contributed by atoms with Gasteiger partial charge in [0, 0.05) is 11.5 Å². The molecular formula is C24H25N3O2. The molecule has 0 bridgehead atoms. The quantitative estimate of drug-likeness (QED) is 0.589. The highest BCUT2D eigenvalue weighted by molar-refractivity contribution is 5.85. The minimum atomic E-state index is 0.0479. The molecule has 5 heteroatoms. The molecule has 0 radical (unpaired) electrons. The normalized spacial score (nSPS) is 25.1. The van der Waals surface area contributed by atoms with Gasteiger partial charge in [-0.1, -0.05) is 38.0 Å². The fraction of sp³-hybridized carbons (Fsp3) is 0.375. The number of ether oxygens (including phenoxy) is 1. The van der Waals surface area contributed by atoms with E-state index in [1.54, 1.807) is 12.3 Å². The first kappa shape index (κ1) is 19.2. The number of benzene rings is 2. The predicted molar refractivity (Wildman–Crippen MR) is 111 cm³/mol. The third kappa shape index (κ3) is 4.02. The summed E-state index contributed by atoms with van der Waals surface area (Å²) >= 11 is 0. The van der Waals surface area contributed by atoms with Crippen molar-refractivity contribution in [1.82, 2.24) is 5.43 Å². The van der Waals surface area contributed by atoms with Crippen molar-refractivity contribution in [3.05, 3.63) is 65.2 Å². The van der Waals surface area contributed by atoms with Gasteiger partial charge in [0.25, 0.3) is 0 Å². The van der Waals surface area contributed by atoms with Crippen LogP contribution in [-0.4, -0.2) is 12.1 Å². The second kappa shape index (κ2) is 8.08. The third-order valence-corrected chi connectivity index (χ3v) is 6.41. The van der Waals surface area contributed by atoms with Crippen molar-refractivity contribution in [2.45, 2.75) is 39.2 Å². The molecule has 2 aliphatic rings. The molecule has 0 aliphatic heterocycles. The number of nitrogens with one attached hydrogen (secondary N) is 1. The summed E-state index contributed by atoms with van der Waals surface area (Å²) < 4.78 is 5.77. The van der Waals surface area contributed by atoms with Gasteiger partial charge >= 0.3 is 0 Å². The van der Waals surface area contributed by atoms with Crippen LogP contribution in [-0.2, 0) is 11.4 Å². The Hall–Kier alpha value is -3.13. The van der Waals surface area contributed by atoms with Crippen LogP contribution in [0.1, 0.15) is 49.3 Å². The summed E-state index contributed by atoms with van der Waals surface area (Å²) in [4.78, 5) is 12.4. The lowest BCUT2D eigenvalue weighted by molar-refractivity contribution is -0.123.